The second-order valence-corrected chi connectivity index (χ2v) is 6.43. The van der Waals surface area contributed by atoms with Crippen molar-refractivity contribution >= 4 is 29.1 Å². The Morgan fingerprint density at radius 3 is 2.76 bits per heavy atom. The lowest BCUT2D eigenvalue weighted by molar-refractivity contribution is 0.0686. The van der Waals surface area contributed by atoms with Gasteiger partial charge in [-0.2, -0.15) is 0 Å². The molecule has 0 unspecified atom stereocenters. The Hall–Kier alpha value is -3.80. The van der Waals surface area contributed by atoms with E-state index < -0.39 is 47.3 Å². The number of hydrogen-bond acceptors (Lipinski definition) is 7. The third-order valence-corrected chi connectivity index (χ3v) is 4.50. The van der Waals surface area contributed by atoms with Gasteiger partial charge in [0.25, 0.3) is 5.56 Å². The number of H-pyrrole nitrogens is 1. The summed E-state index contributed by atoms with van der Waals surface area (Å²) in [6.07, 6.45) is -1.01. The maximum absolute atomic E-state index is 13.6. The van der Waals surface area contributed by atoms with E-state index >= 15 is 0 Å². The van der Waals surface area contributed by atoms with Crippen molar-refractivity contribution in [2.24, 2.45) is 0 Å². The summed E-state index contributed by atoms with van der Waals surface area (Å²) >= 11 is 1.01. The minimum atomic E-state index is -1.61. The van der Waals surface area contributed by atoms with E-state index in [1.807, 2.05) is 0 Å². The molecular weight excluding hydrogens is 412 g/mol. The molecule has 4 N–H and O–H groups in total. The fourth-order valence-electron chi connectivity index (χ4n) is 2.26. The molecule has 2 heterocycles. The summed E-state index contributed by atoms with van der Waals surface area (Å²) in [5, 5.41) is 22.4. The van der Waals surface area contributed by atoms with Gasteiger partial charge in [-0.1, -0.05) is 0 Å². The van der Waals surface area contributed by atoms with Crippen LogP contribution in [0.3, 0.4) is 0 Å². The fourth-order valence-corrected chi connectivity index (χ4v) is 3.05. The summed E-state index contributed by atoms with van der Waals surface area (Å²) in [7, 11) is 0. The van der Waals surface area contributed by atoms with E-state index in [-0.39, 0.29) is 22.0 Å². The van der Waals surface area contributed by atoms with Crippen molar-refractivity contribution in [2.45, 2.75) is 6.61 Å². The number of benzene rings is 1. The summed E-state index contributed by atoms with van der Waals surface area (Å²) in [5.74, 6) is -4.31. The first kappa shape index (κ1) is 19.9. The molecule has 29 heavy (non-hydrogen) atoms. The van der Waals surface area contributed by atoms with Crippen LogP contribution in [0.5, 0.6) is 5.75 Å². The molecule has 1 aromatic carbocycles. The average Bonchev–Trinajstić information content (AvgIpc) is 3.12. The van der Waals surface area contributed by atoms with Crippen LogP contribution < -0.4 is 10.9 Å². The zero-order chi connectivity index (χ0) is 21.1. The van der Waals surface area contributed by atoms with Crippen molar-refractivity contribution in [2.75, 3.05) is 5.32 Å². The number of anilines is 1. The number of thiophene rings is 1. The van der Waals surface area contributed by atoms with Crippen molar-refractivity contribution in [3.63, 3.8) is 0 Å². The summed E-state index contributed by atoms with van der Waals surface area (Å²) in [4.78, 5) is 40.9. The van der Waals surface area contributed by atoms with Gasteiger partial charge >= 0.3 is 12.1 Å². The highest BCUT2D eigenvalue weighted by atomic mass is 32.1. The van der Waals surface area contributed by atoms with Gasteiger partial charge in [-0.3, -0.25) is 10.1 Å². The van der Waals surface area contributed by atoms with Crippen molar-refractivity contribution in [1.82, 2.24) is 9.97 Å². The maximum Gasteiger partial charge on any atom is 0.412 e. The lowest BCUT2D eigenvalue weighted by atomic mass is 10.2. The van der Waals surface area contributed by atoms with Crippen LogP contribution in [0, 0.1) is 11.6 Å². The Morgan fingerprint density at radius 1 is 1.28 bits per heavy atom. The van der Waals surface area contributed by atoms with Crippen LogP contribution in [0.25, 0.3) is 10.7 Å². The van der Waals surface area contributed by atoms with Gasteiger partial charge in [-0.05, 0) is 29.6 Å². The van der Waals surface area contributed by atoms with Gasteiger partial charge in [-0.15, -0.1) is 11.3 Å². The van der Waals surface area contributed by atoms with Gasteiger partial charge in [0.2, 0.25) is 5.75 Å². The number of aromatic nitrogens is 2. The molecule has 0 aliphatic heterocycles. The number of aromatic hydroxyl groups is 1. The Kier molecular flexibility index (Phi) is 5.54. The average molecular weight is 423 g/mol. The van der Waals surface area contributed by atoms with E-state index in [0.717, 1.165) is 29.5 Å². The molecule has 150 valence electrons. The molecule has 0 saturated carbocycles. The molecule has 0 aliphatic rings. The topological polar surface area (TPSA) is 142 Å². The summed E-state index contributed by atoms with van der Waals surface area (Å²) in [6, 6.07) is 4.14. The number of halogens is 2. The van der Waals surface area contributed by atoms with Crippen LogP contribution in [0.2, 0.25) is 0 Å². The molecule has 1 amide bonds. The number of aromatic amines is 1. The standard InChI is InChI=1S/C17H11F2N3O6S/c18-8-1-2-9(19)7(5-8)6-28-17(27)20-10-3-4-29-13(10)14-21-11(16(25)26)12(23)15(24)22-14/h1-5,23H,6H2,(H,20,27)(H,25,26)(H,21,22,24). The minimum absolute atomic E-state index is 0.116. The van der Waals surface area contributed by atoms with E-state index in [1.165, 1.54) is 11.4 Å². The van der Waals surface area contributed by atoms with E-state index in [2.05, 4.69) is 15.3 Å². The Labute approximate surface area is 164 Å². The van der Waals surface area contributed by atoms with Crippen LogP contribution in [-0.4, -0.2) is 32.2 Å². The molecule has 3 aromatic rings. The number of amides is 1. The number of carboxylic acid groups (broad SMARTS) is 1. The molecule has 0 fully saturated rings. The van der Waals surface area contributed by atoms with E-state index in [9.17, 15) is 28.3 Å². The zero-order valence-corrected chi connectivity index (χ0v) is 15.0. The summed E-state index contributed by atoms with van der Waals surface area (Å²) < 4.78 is 31.6. The van der Waals surface area contributed by atoms with Crippen molar-refractivity contribution in [3.05, 3.63) is 62.9 Å². The van der Waals surface area contributed by atoms with E-state index in [1.54, 1.807) is 0 Å². The van der Waals surface area contributed by atoms with Crippen LogP contribution >= 0.6 is 11.3 Å². The third kappa shape index (κ3) is 4.38. The molecule has 0 bridgehead atoms. The largest absolute Gasteiger partial charge is 0.501 e. The Morgan fingerprint density at radius 2 is 2.03 bits per heavy atom. The van der Waals surface area contributed by atoms with Crippen LogP contribution in [0.4, 0.5) is 19.3 Å². The van der Waals surface area contributed by atoms with Gasteiger partial charge < -0.3 is 19.9 Å². The highest BCUT2D eigenvalue weighted by Crippen LogP contribution is 2.31. The predicted octanol–water partition coefficient (Wildman–Crippen LogP) is 2.93. The number of carbonyl (C=O) groups is 2. The first-order chi connectivity index (χ1) is 13.8. The fraction of sp³-hybridized carbons (Fsp3) is 0.0588. The summed E-state index contributed by atoms with van der Waals surface area (Å²) in [5.41, 5.74) is -1.98. The van der Waals surface area contributed by atoms with Crippen LogP contribution in [-0.2, 0) is 11.3 Å². The van der Waals surface area contributed by atoms with Crippen LogP contribution in [0.15, 0.2) is 34.4 Å². The van der Waals surface area contributed by atoms with Gasteiger partial charge in [0.1, 0.15) is 18.2 Å². The molecule has 0 atom stereocenters. The number of hydrogen-bond donors (Lipinski definition) is 4. The molecule has 9 nitrogen and oxygen atoms in total. The molecule has 0 aliphatic carbocycles. The smallest absolute Gasteiger partial charge is 0.412 e. The normalized spacial score (nSPS) is 10.6. The predicted molar refractivity (Wildman–Crippen MR) is 97.0 cm³/mol. The van der Waals surface area contributed by atoms with Crippen molar-refractivity contribution < 1.29 is 33.3 Å². The monoisotopic (exact) mass is 423 g/mol. The first-order valence-electron chi connectivity index (χ1n) is 7.78. The van der Waals surface area contributed by atoms with Gasteiger partial charge in [-0.25, -0.2) is 23.4 Å². The number of nitrogens with one attached hydrogen (secondary N) is 2. The second-order valence-electron chi connectivity index (χ2n) is 5.52. The zero-order valence-electron chi connectivity index (χ0n) is 14.2. The molecule has 0 radical (unpaired) electrons. The Bertz CT molecular complexity index is 1160. The van der Waals surface area contributed by atoms with Crippen LogP contribution in [0.1, 0.15) is 16.1 Å². The van der Waals surface area contributed by atoms with E-state index in [4.69, 9.17) is 9.84 Å². The first-order valence-corrected chi connectivity index (χ1v) is 8.66. The number of ether oxygens (including phenoxy) is 1. The highest BCUT2D eigenvalue weighted by Gasteiger charge is 2.20. The van der Waals surface area contributed by atoms with Gasteiger partial charge in [0.05, 0.1) is 10.6 Å². The lowest BCUT2D eigenvalue weighted by Crippen LogP contribution is -2.16. The molecule has 3 rings (SSSR count). The molecular formula is C17H11F2N3O6S. The number of aromatic carboxylic acids is 1. The second kappa shape index (κ2) is 8.06. The Balaban J connectivity index is 1.79. The van der Waals surface area contributed by atoms with Crippen molar-refractivity contribution in [1.29, 1.82) is 0 Å². The molecule has 2 aromatic heterocycles. The number of nitrogens with zero attached hydrogens (tertiary/aromatic N) is 1. The SMILES string of the molecule is O=C(Nc1ccsc1-c1nc(C(=O)O)c(O)c(=O)[nH]1)OCc1cc(F)ccc1F. The van der Waals surface area contributed by atoms with E-state index in [0.29, 0.717) is 0 Å². The quantitative estimate of drug-likeness (QED) is 0.494. The molecule has 0 spiro atoms. The molecule has 0 saturated heterocycles. The lowest BCUT2D eigenvalue weighted by Gasteiger charge is -2.09. The maximum atomic E-state index is 13.6. The van der Waals surface area contributed by atoms with Gasteiger partial charge in [0.15, 0.2) is 11.5 Å². The summed E-state index contributed by atoms with van der Waals surface area (Å²) in [6.45, 7) is -0.535. The minimum Gasteiger partial charge on any atom is -0.501 e. The highest BCUT2D eigenvalue weighted by molar-refractivity contribution is 7.14. The number of rotatable bonds is 5. The van der Waals surface area contributed by atoms with Crippen molar-refractivity contribution in [3.8, 4) is 16.5 Å². The third-order valence-electron chi connectivity index (χ3n) is 3.58. The van der Waals surface area contributed by atoms with Gasteiger partial charge in [0, 0.05) is 5.56 Å². The number of carbonyl (C=O) groups excluding carboxylic acids is 1. The molecule has 12 heteroatoms. The number of carboxylic acids is 1.